The molecule has 2 heterocycles. The maximum absolute atomic E-state index is 5.77. The van der Waals surface area contributed by atoms with Gasteiger partial charge in [-0.3, -0.25) is 0 Å². The van der Waals surface area contributed by atoms with E-state index < -0.39 is 0 Å². The minimum Gasteiger partial charge on any atom is -0.497 e. The molecule has 1 saturated heterocycles. The van der Waals surface area contributed by atoms with Gasteiger partial charge in [0, 0.05) is 17.9 Å². The van der Waals surface area contributed by atoms with E-state index in [1.165, 1.54) is 0 Å². The first-order chi connectivity index (χ1) is 8.78. The Morgan fingerprint density at radius 2 is 2.28 bits per heavy atom. The highest BCUT2D eigenvalue weighted by Crippen LogP contribution is 2.31. The van der Waals surface area contributed by atoms with Crippen molar-refractivity contribution in [2.24, 2.45) is 0 Å². The van der Waals surface area contributed by atoms with Gasteiger partial charge < -0.3 is 15.2 Å². The van der Waals surface area contributed by atoms with Crippen molar-refractivity contribution in [1.82, 2.24) is 9.97 Å². The lowest BCUT2D eigenvalue weighted by molar-refractivity contribution is 0.193. The maximum atomic E-state index is 5.77. The smallest absolute Gasteiger partial charge is 0.220 e. The van der Waals surface area contributed by atoms with Crippen LogP contribution in [0, 0.1) is 0 Å². The molecule has 0 radical (unpaired) electrons. The molecular weight excluding hydrogens is 230 g/mol. The summed E-state index contributed by atoms with van der Waals surface area (Å²) in [7, 11) is 1.65. The van der Waals surface area contributed by atoms with E-state index in [0.29, 0.717) is 18.5 Å². The van der Waals surface area contributed by atoms with E-state index in [1.807, 2.05) is 18.2 Å². The summed E-state index contributed by atoms with van der Waals surface area (Å²) >= 11 is 0. The van der Waals surface area contributed by atoms with Crippen LogP contribution in [-0.4, -0.2) is 30.3 Å². The maximum Gasteiger partial charge on any atom is 0.220 e. The lowest BCUT2D eigenvalue weighted by Crippen LogP contribution is -2.06. The Hall–Kier alpha value is -1.88. The quantitative estimate of drug-likeness (QED) is 0.872. The van der Waals surface area contributed by atoms with Crippen LogP contribution in [0.15, 0.2) is 18.2 Å². The molecule has 1 aliphatic heterocycles. The van der Waals surface area contributed by atoms with Crippen molar-refractivity contribution in [1.29, 1.82) is 0 Å². The van der Waals surface area contributed by atoms with E-state index in [9.17, 15) is 0 Å². The van der Waals surface area contributed by atoms with E-state index >= 15 is 0 Å². The molecule has 0 bridgehead atoms. The fourth-order valence-corrected chi connectivity index (χ4v) is 2.34. The number of ether oxygens (including phenoxy) is 2. The zero-order chi connectivity index (χ0) is 12.5. The topological polar surface area (TPSA) is 70.3 Å². The van der Waals surface area contributed by atoms with Crippen LogP contribution >= 0.6 is 0 Å². The van der Waals surface area contributed by atoms with Gasteiger partial charge in [-0.05, 0) is 24.6 Å². The molecule has 1 fully saturated rings. The highest BCUT2D eigenvalue weighted by molar-refractivity contribution is 5.83. The summed E-state index contributed by atoms with van der Waals surface area (Å²) in [6.07, 6.45) is 0.975. The van der Waals surface area contributed by atoms with Gasteiger partial charge >= 0.3 is 0 Å². The summed E-state index contributed by atoms with van der Waals surface area (Å²) in [4.78, 5) is 8.64. The van der Waals surface area contributed by atoms with Crippen molar-refractivity contribution in [3.63, 3.8) is 0 Å². The zero-order valence-electron chi connectivity index (χ0n) is 10.2. The number of nitrogens with zero attached hydrogens (tertiary/aromatic N) is 2. The van der Waals surface area contributed by atoms with Gasteiger partial charge in [0.25, 0.3) is 0 Å². The Morgan fingerprint density at radius 3 is 3.00 bits per heavy atom. The van der Waals surface area contributed by atoms with Crippen molar-refractivity contribution < 1.29 is 9.47 Å². The molecule has 5 nitrogen and oxygen atoms in total. The minimum absolute atomic E-state index is 0.296. The van der Waals surface area contributed by atoms with Gasteiger partial charge in [-0.2, -0.15) is 0 Å². The van der Waals surface area contributed by atoms with Crippen LogP contribution in [0.25, 0.3) is 10.9 Å². The molecule has 1 aromatic carbocycles. The predicted octanol–water partition coefficient (Wildman–Crippen LogP) is 1.72. The summed E-state index contributed by atoms with van der Waals surface area (Å²) in [5.74, 6) is 1.41. The molecule has 1 atom stereocenters. The first kappa shape index (κ1) is 11.2. The van der Waals surface area contributed by atoms with Crippen LogP contribution in [0.4, 0.5) is 5.95 Å². The molecule has 18 heavy (non-hydrogen) atoms. The SMILES string of the molecule is COc1ccc2nc(N)nc(C3CCOC3)c2c1. The van der Waals surface area contributed by atoms with Crippen molar-refractivity contribution in [2.45, 2.75) is 12.3 Å². The summed E-state index contributed by atoms with van der Waals surface area (Å²) in [5, 5.41) is 0.999. The van der Waals surface area contributed by atoms with Gasteiger partial charge in [0.05, 0.1) is 24.9 Å². The van der Waals surface area contributed by atoms with Gasteiger partial charge in [-0.25, -0.2) is 9.97 Å². The Morgan fingerprint density at radius 1 is 1.39 bits per heavy atom. The van der Waals surface area contributed by atoms with Gasteiger partial charge in [0.15, 0.2) is 0 Å². The summed E-state index contributed by atoms with van der Waals surface area (Å²) in [6, 6.07) is 5.75. The van der Waals surface area contributed by atoms with Crippen molar-refractivity contribution in [2.75, 3.05) is 26.1 Å². The molecule has 0 spiro atoms. The summed E-state index contributed by atoms with van der Waals surface area (Å²) in [5.41, 5.74) is 7.59. The standard InChI is InChI=1S/C13H15N3O2/c1-17-9-2-3-11-10(6-9)12(16-13(14)15-11)8-4-5-18-7-8/h2-3,6,8H,4-5,7H2,1H3,(H2,14,15,16). The lowest BCUT2D eigenvalue weighted by atomic mass is 10.00. The number of hydrogen-bond acceptors (Lipinski definition) is 5. The second-order valence-electron chi connectivity index (χ2n) is 4.41. The van der Waals surface area contributed by atoms with Crippen LogP contribution in [0.5, 0.6) is 5.75 Å². The molecule has 1 aliphatic rings. The number of rotatable bonds is 2. The average molecular weight is 245 g/mol. The number of benzene rings is 1. The van der Waals surface area contributed by atoms with Crippen molar-refractivity contribution in [3.8, 4) is 5.75 Å². The molecule has 2 N–H and O–H groups in total. The number of fused-ring (bicyclic) bond motifs is 1. The van der Waals surface area contributed by atoms with E-state index in [4.69, 9.17) is 15.2 Å². The molecule has 1 aromatic heterocycles. The molecule has 0 amide bonds. The average Bonchev–Trinajstić information content (AvgIpc) is 2.91. The monoisotopic (exact) mass is 245 g/mol. The van der Waals surface area contributed by atoms with Crippen LogP contribution in [0.3, 0.4) is 0 Å². The van der Waals surface area contributed by atoms with Gasteiger partial charge in [0.2, 0.25) is 5.95 Å². The van der Waals surface area contributed by atoms with Gasteiger partial charge in [-0.1, -0.05) is 0 Å². The fraction of sp³-hybridized carbons (Fsp3) is 0.385. The molecule has 0 saturated carbocycles. The third-order valence-electron chi connectivity index (χ3n) is 3.27. The van der Waals surface area contributed by atoms with Gasteiger partial charge in [0.1, 0.15) is 5.75 Å². The Bertz CT molecular complexity index is 580. The third-order valence-corrected chi connectivity index (χ3v) is 3.27. The Labute approximate surface area is 105 Å². The second-order valence-corrected chi connectivity index (χ2v) is 4.41. The number of nitrogen functional groups attached to an aromatic ring is 1. The number of methoxy groups -OCH3 is 1. The Kier molecular flexibility index (Phi) is 2.76. The molecule has 3 rings (SSSR count). The van der Waals surface area contributed by atoms with Crippen molar-refractivity contribution >= 4 is 16.9 Å². The number of nitrogens with two attached hydrogens (primary N) is 1. The minimum atomic E-state index is 0.296. The van der Waals surface area contributed by atoms with Crippen LogP contribution in [0.1, 0.15) is 18.0 Å². The Balaban J connectivity index is 2.20. The highest BCUT2D eigenvalue weighted by atomic mass is 16.5. The normalized spacial score (nSPS) is 19.3. The largest absolute Gasteiger partial charge is 0.497 e. The van der Waals surface area contributed by atoms with Crippen LogP contribution in [0.2, 0.25) is 0 Å². The number of aromatic nitrogens is 2. The number of anilines is 1. The third kappa shape index (κ3) is 1.86. The summed E-state index contributed by atoms with van der Waals surface area (Å²) in [6.45, 7) is 1.47. The molecule has 5 heteroatoms. The highest BCUT2D eigenvalue weighted by Gasteiger charge is 2.22. The summed E-state index contributed by atoms with van der Waals surface area (Å²) < 4.78 is 10.7. The lowest BCUT2D eigenvalue weighted by Gasteiger charge is -2.12. The molecule has 0 aliphatic carbocycles. The predicted molar refractivity (Wildman–Crippen MR) is 68.7 cm³/mol. The zero-order valence-corrected chi connectivity index (χ0v) is 10.2. The molecule has 1 unspecified atom stereocenters. The first-order valence-corrected chi connectivity index (χ1v) is 5.97. The van der Waals surface area contributed by atoms with E-state index in [-0.39, 0.29) is 0 Å². The molecule has 94 valence electrons. The van der Waals surface area contributed by atoms with E-state index in [1.54, 1.807) is 7.11 Å². The first-order valence-electron chi connectivity index (χ1n) is 5.97. The second kappa shape index (κ2) is 4.42. The van der Waals surface area contributed by atoms with Crippen LogP contribution < -0.4 is 10.5 Å². The fourth-order valence-electron chi connectivity index (χ4n) is 2.34. The number of hydrogen-bond donors (Lipinski definition) is 1. The molecular formula is C13H15N3O2. The van der Waals surface area contributed by atoms with E-state index in [0.717, 1.165) is 35.4 Å². The van der Waals surface area contributed by atoms with Crippen LogP contribution in [-0.2, 0) is 4.74 Å². The van der Waals surface area contributed by atoms with E-state index in [2.05, 4.69) is 9.97 Å². The molecule has 2 aromatic rings. The van der Waals surface area contributed by atoms with Gasteiger partial charge in [-0.15, -0.1) is 0 Å². The van der Waals surface area contributed by atoms with Crippen molar-refractivity contribution in [3.05, 3.63) is 23.9 Å².